The quantitative estimate of drug-likeness (QED) is 0.345. The number of carboxylic acid groups (broad SMARTS) is 1. The first-order valence-corrected chi connectivity index (χ1v) is 4.76. The number of aliphatic hydroxyl groups is 4. The highest BCUT2D eigenvalue weighted by Crippen LogP contribution is 1.89. The van der Waals surface area contributed by atoms with Crippen LogP contribution < -0.4 is 0 Å². The molecule has 0 aromatic rings. The predicted octanol–water partition coefficient (Wildman–Crippen LogP) is -2.28. The third-order valence-electron chi connectivity index (χ3n) is 1.33. The molecule has 0 rings (SSSR count). The molecule has 0 aliphatic rings. The Balaban J connectivity index is 0. The number of aliphatic hydroxyl groups excluding tert-OH is 4. The summed E-state index contributed by atoms with van der Waals surface area (Å²) >= 11 is 0. The topological polar surface area (TPSA) is 145 Å². The van der Waals surface area contributed by atoms with Gasteiger partial charge in [-0.25, -0.2) is 9.59 Å². The number of hydrogen-bond acceptors (Lipinski definition) is 7. The molecule has 0 aromatic heterocycles. The molecule has 0 spiro atoms. The van der Waals surface area contributed by atoms with E-state index in [0.717, 1.165) is 0 Å². The summed E-state index contributed by atoms with van der Waals surface area (Å²) in [5.41, 5.74) is 0. The number of ether oxygens (including phenoxy) is 1. The van der Waals surface area contributed by atoms with Crippen LogP contribution in [0.4, 0.5) is 0 Å². The highest BCUT2D eigenvalue weighted by Gasteiger charge is 2.12. The molecular formula is C9H18O8. The van der Waals surface area contributed by atoms with Gasteiger partial charge in [-0.05, 0) is 13.8 Å². The van der Waals surface area contributed by atoms with Crippen LogP contribution in [0.5, 0.6) is 0 Å². The molecule has 17 heavy (non-hydrogen) atoms. The molecule has 3 atom stereocenters. The van der Waals surface area contributed by atoms with Gasteiger partial charge in [-0.1, -0.05) is 0 Å². The maximum atomic E-state index is 10.5. The zero-order valence-corrected chi connectivity index (χ0v) is 9.61. The van der Waals surface area contributed by atoms with Crippen LogP contribution in [0.1, 0.15) is 13.8 Å². The number of hydrogen-bond donors (Lipinski definition) is 5. The second kappa shape index (κ2) is 9.97. The Bertz CT molecular complexity index is 225. The Labute approximate surface area is 98.1 Å². The number of rotatable bonds is 5. The molecule has 0 radical (unpaired) electrons. The lowest BCUT2D eigenvalue weighted by Gasteiger charge is -2.09. The van der Waals surface area contributed by atoms with Gasteiger partial charge >= 0.3 is 11.9 Å². The van der Waals surface area contributed by atoms with Crippen LogP contribution in [0.15, 0.2) is 0 Å². The van der Waals surface area contributed by atoms with E-state index in [2.05, 4.69) is 4.74 Å². The van der Waals surface area contributed by atoms with Crippen molar-refractivity contribution < 1.29 is 39.9 Å². The van der Waals surface area contributed by atoms with Gasteiger partial charge in [0.2, 0.25) is 0 Å². The third kappa shape index (κ3) is 12.7. The zero-order chi connectivity index (χ0) is 14.0. The maximum absolute atomic E-state index is 10.5. The lowest BCUT2D eigenvalue weighted by atomic mass is 10.4. The summed E-state index contributed by atoms with van der Waals surface area (Å²) in [5.74, 6) is -1.99. The molecule has 0 aliphatic heterocycles. The number of carboxylic acids is 1. The van der Waals surface area contributed by atoms with Crippen LogP contribution in [-0.2, 0) is 14.3 Å². The minimum absolute atomic E-state index is 0.291. The summed E-state index contributed by atoms with van der Waals surface area (Å²) in [6.07, 6.45) is -3.50. The average molecular weight is 254 g/mol. The van der Waals surface area contributed by atoms with Crippen LogP contribution >= 0.6 is 0 Å². The Morgan fingerprint density at radius 2 is 1.53 bits per heavy atom. The SMILES string of the molecule is CC(O)C(=O)O.CC(O)C(=O)OCC(O)CO. The second-order valence-electron chi connectivity index (χ2n) is 3.16. The van der Waals surface area contributed by atoms with Crippen molar-refractivity contribution in [1.82, 2.24) is 0 Å². The number of aliphatic carboxylic acids is 1. The number of carbonyl (C=O) groups is 2. The van der Waals surface area contributed by atoms with Gasteiger partial charge in [-0.3, -0.25) is 0 Å². The number of carbonyl (C=O) groups excluding carboxylic acids is 1. The lowest BCUT2D eigenvalue weighted by Crippen LogP contribution is -2.26. The zero-order valence-electron chi connectivity index (χ0n) is 9.61. The van der Waals surface area contributed by atoms with Crippen molar-refractivity contribution in [2.24, 2.45) is 0 Å². The Kier molecular flexibility index (Phi) is 10.6. The Morgan fingerprint density at radius 3 is 1.76 bits per heavy atom. The van der Waals surface area contributed by atoms with E-state index in [1.807, 2.05) is 0 Å². The third-order valence-corrected chi connectivity index (χ3v) is 1.33. The van der Waals surface area contributed by atoms with Crippen molar-refractivity contribution >= 4 is 11.9 Å². The lowest BCUT2D eigenvalue weighted by molar-refractivity contribution is -0.156. The smallest absolute Gasteiger partial charge is 0.334 e. The van der Waals surface area contributed by atoms with Gasteiger partial charge in [0, 0.05) is 0 Å². The molecule has 0 aromatic carbocycles. The fourth-order valence-corrected chi connectivity index (χ4v) is 0.352. The van der Waals surface area contributed by atoms with Gasteiger partial charge in [0.05, 0.1) is 6.61 Å². The minimum atomic E-state index is -1.23. The first-order chi connectivity index (χ1) is 7.72. The molecule has 3 unspecified atom stereocenters. The molecule has 0 aliphatic carbocycles. The van der Waals surface area contributed by atoms with Crippen molar-refractivity contribution in [3.63, 3.8) is 0 Å². The first kappa shape index (κ1) is 18.2. The van der Waals surface area contributed by atoms with E-state index in [1.165, 1.54) is 13.8 Å². The van der Waals surface area contributed by atoms with Gasteiger partial charge < -0.3 is 30.3 Å². The van der Waals surface area contributed by atoms with Crippen molar-refractivity contribution in [2.45, 2.75) is 32.2 Å². The normalized spacial score (nSPS) is 14.9. The maximum Gasteiger partial charge on any atom is 0.334 e. The van der Waals surface area contributed by atoms with Crippen molar-refractivity contribution in [1.29, 1.82) is 0 Å². The van der Waals surface area contributed by atoms with Crippen LogP contribution in [0, 0.1) is 0 Å². The fourth-order valence-electron chi connectivity index (χ4n) is 0.352. The van der Waals surface area contributed by atoms with Crippen LogP contribution in [0.3, 0.4) is 0 Å². The van der Waals surface area contributed by atoms with E-state index in [9.17, 15) is 9.59 Å². The molecule has 0 fully saturated rings. The molecule has 0 saturated carbocycles. The van der Waals surface area contributed by atoms with Gasteiger partial charge in [0.25, 0.3) is 0 Å². The van der Waals surface area contributed by atoms with E-state index < -0.39 is 36.9 Å². The monoisotopic (exact) mass is 254 g/mol. The molecule has 5 N–H and O–H groups in total. The summed E-state index contributed by atoms with van der Waals surface area (Å²) in [5, 5.41) is 41.3. The Hall–Kier alpha value is -1.22. The van der Waals surface area contributed by atoms with Crippen LogP contribution in [0.2, 0.25) is 0 Å². The predicted molar refractivity (Wildman–Crippen MR) is 55.0 cm³/mol. The van der Waals surface area contributed by atoms with Crippen LogP contribution in [-0.4, -0.2) is 69.0 Å². The molecule has 0 saturated heterocycles. The summed E-state index contributed by atoms with van der Waals surface area (Å²) in [6.45, 7) is 1.70. The summed E-state index contributed by atoms with van der Waals surface area (Å²) in [6, 6.07) is 0. The molecule has 0 bridgehead atoms. The van der Waals surface area contributed by atoms with Crippen molar-refractivity contribution in [3.8, 4) is 0 Å². The van der Waals surface area contributed by atoms with Gasteiger partial charge in [0.15, 0.2) is 0 Å². The molecular weight excluding hydrogens is 236 g/mol. The van der Waals surface area contributed by atoms with Gasteiger partial charge in [-0.15, -0.1) is 0 Å². The van der Waals surface area contributed by atoms with Gasteiger partial charge in [0.1, 0.15) is 24.9 Å². The molecule has 8 nitrogen and oxygen atoms in total. The number of esters is 1. The second-order valence-corrected chi connectivity index (χ2v) is 3.16. The summed E-state index contributed by atoms with van der Waals surface area (Å²) in [4.78, 5) is 19.9. The molecule has 0 heterocycles. The summed E-state index contributed by atoms with van der Waals surface area (Å²) < 4.78 is 4.36. The Morgan fingerprint density at radius 1 is 1.12 bits per heavy atom. The highest BCUT2D eigenvalue weighted by molar-refractivity contribution is 5.73. The molecule has 8 heteroatoms. The first-order valence-electron chi connectivity index (χ1n) is 4.76. The van der Waals surface area contributed by atoms with Gasteiger partial charge in [-0.2, -0.15) is 0 Å². The molecule has 102 valence electrons. The average Bonchev–Trinajstić information content (AvgIpc) is 2.25. The van der Waals surface area contributed by atoms with E-state index >= 15 is 0 Å². The molecule has 0 amide bonds. The van der Waals surface area contributed by atoms with Crippen molar-refractivity contribution in [3.05, 3.63) is 0 Å². The minimum Gasteiger partial charge on any atom is -0.479 e. The standard InChI is InChI=1S/C6H12O5.C3H6O3/c1-4(8)6(10)11-3-5(9)2-7;1-2(4)3(5)6/h4-5,7-9H,2-3H2,1H3;2,4H,1H3,(H,5,6). The van der Waals surface area contributed by atoms with E-state index in [4.69, 9.17) is 25.5 Å². The van der Waals surface area contributed by atoms with Crippen molar-refractivity contribution in [2.75, 3.05) is 13.2 Å². The van der Waals surface area contributed by atoms with E-state index in [1.54, 1.807) is 0 Å². The fraction of sp³-hybridized carbons (Fsp3) is 0.778. The summed E-state index contributed by atoms with van der Waals surface area (Å²) in [7, 11) is 0. The van der Waals surface area contributed by atoms with E-state index in [0.29, 0.717) is 0 Å². The van der Waals surface area contributed by atoms with Crippen LogP contribution in [0.25, 0.3) is 0 Å². The highest BCUT2D eigenvalue weighted by atomic mass is 16.6. The largest absolute Gasteiger partial charge is 0.479 e. The van der Waals surface area contributed by atoms with E-state index in [-0.39, 0.29) is 6.61 Å².